The molecule has 0 bridgehead atoms. The number of amides is 1. The van der Waals surface area contributed by atoms with E-state index in [1.807, 2.05) is 0 Å². The minimum Gasteiger partial charge on any atom is -0.507 e. The van der Waals surface area contributed by atoms with Gasteiger partial charge < -0.3 is 10.0 Å². The molecule has 18 heavy (non-hydrogen) atoms. The molecule has 0 saturated carbocycles. The van der Waals surface area contributed by atoms with Gasteiger partial charge in [-0.1, -0.05) is 11.6 Å². The second-order valence-corrected chi connectivity index (χ2v) is 6.85. The van der Waals surface area contributed by atoms with Crippen molar-refractivity contribution in [3.8, 4) is 5.75 Å². The van der Waals surface area contributed by atoms with Gasteiger partial charge in [-0.3, -0.25) is 4.79 Å². The van der Waals surface area contributed by atoms with Gasteiger partial charge in [0.05, 0.1) is 17.1 Å². The number of hydrogen-bond acceptors (Lipinski definition) is 4. The number of phenols is 1. The van der Waals surface area contributed by atoms with Gasteiger partial charge in [0.15, 0.2) is 9.84 Å². The minimum atomic E-state index is -3.03. The van der Waals surface area contributed by atoms with E-state index in [4.69, 9.17) is 11.6 Å². The summed E-state index contributed by atoms with van der Waals surface area (Å²) in [5.41, 5.74) is 0.0989. The van der Waals surface area contributed by atoms with Crippen LogP contribution in [-0.4, -0.2) is 48.9 Å². The molecule has 0 aliphatic carbocycles. The van der Waals surface area contributed by atoms with E-state index in [9.17, 15) is 18.3 Å². The molecule has 0 aromatic heterocycles. The molecule has 0 atom stereocenters. The highest BCUT2D eigenvalue weighted by Crippen LogP contribution is 2.23. The van der Waals surface area contributed by atoms with Gasteiger partial charge in [0, 0.05) is 18.1 Å². The number of halogens is 1. The Hall–Kier alpha value is -1.27. The van der Waals surface area contributed by atoms with Gasteiger partial charge >= 0.3 is 0 Å². The number of hydrogen-bond donors (Lipinski definition) is 1. The summed E-state index contributed by atoms with van der Waals surface area (Å²) in [4.78, 5) is 13.5. The zero-order valence-corrected chi connectivity index (χ0v) is 11.0. The molecular weight excluding hydrogens is 278 g/mol. The number of aromatic hydroxyl groups is 1. The van der Waals surface area contributed by atoms with Crippen molar-refractivity contribution in [3.05, 3.63) is 28.8 Å². The smallest absolute Gasteiger partial charge is 0.257 e. The van der Waals surface area contributed by atoms with Crippen molar-refractivity contribution < 1.29 is 18.3 Å². The number of carbonyl (C=O) groups is 1. The first-order chi connectivity index (χ1) is 8.39. The molecule has 1 N–H and O–H groups in total. The Kier molecular flexibility index (Phi) is 3.49. The molecule has 0 radical (unpaired) electrons. The highest BCUT2D eigenvalue weighted by molar-refractivity contribution is 7.91. The molecule has 1 aromatic rings. The maximum atomic E-state index is 12.1. The fraction of sp³-hybridized carbons (Fsp3) is 0.364. The quantitative estimate of drug-likeness (QED) is 0.834. The van der Waals surface area contributed by atoms with Gasteiger partial charge in [-0.25, -0.2) is 8.42 Å². The van der Waals surface area contributed by atoms with E-state index in [0.29, 0.717) is 5.02 Å². The summed E-state index contributed by atoms with van der Waals surface area (Å²) in [5, 5.41) is 9.96. The predicted octanol–water partition coefficient (Wildman–Crippen LogP) is 0.916. The standard InChI is InChI=1S/C11H12ClNO4S/c12-8-1-2-10(14)9(7-8)11(15)13-3-5-18(16,17)6-4-13/h1-2,7,14H,3-6H2. The second-order valence-electron chi connectivity index (χ2n) is 4.11. The van der Waals surface area contributed by atoms with E-state index in [2.05, 4.69) is 0 Å². The number of rotatable bonds is 1. The molecule has 7 heteroatoms. The lowest BCUT2D eigenvalue weighted by atomic mass is 10.1. The molecular formula is C11H12ClNO4S. The minimum absolute atomic E-state index is 0.0416. The zero-order valence-electron chi connectivity index (χ0n) is 9.47. The van der Waals surface area contributed by atoms with Crippen molar-refractivity contribution >= 4 is 27.3 Å². The van der Waals surface area contributed by atoms with Gasteiger partial charge in [0.2, 0.25) is 0 Å². The Morgan fingerprint density at radius 2 is 1.89 bits per heavy atom. The first kappa shape index (κ1) is 13.2. The fourth-order valence-electron chi connectivity index (χ4n) is 1.77. The van der Waals surface area contributed by atoms with Crippen molar-refractivity contribution in [2.75, 3.05) is 24.6 Å². The summed E-state index contributed by atoms with van der Waals surface area (Å²) in [5.74, 6) is -0.636. The molecule has 1 amide bonds. The van der Waals surface area contributed by atoms with Crippen molar-refractivity contribution in [1.29, 1.82) is 0 Å². The van der Waals surface area contributed by atoms with Crippen molar-refractivity contribution in [1.82, 2.24) is 4.90 Å². The molecule has 1 saturated heterocycles. The largest absolute Gasteiger partial charge is 0.507 e. The summed E-state index contributed by atoms with van der Waals surface area (Å²) >= 11 is 5.77. The fourth-order valence-corrected chi connectivity index (χ4v) is 3.14. The van der Waals surface area contributed by atoms with Crippen LogP contribution in [0.3, 0.4) is 0 Å². The summed E-state index contributed by atoms with van der Waals surface area (Å²) in [6.07, 6.45) is 0. The van der Waals surface area contributed by atoms with E-state index in [-0.39, 0.29) is 35.9 Å². The van der Waals surface area contributed by atoms with E-state index >= 15 is 0 Å². The first-order valence-electron chi connectivity index (χ1n) is 5.37. The van der Waals surface area contributed by atoms with Crippen LogP contribution in [0.1, 0.15) is 10.4 Å². The van der Waals surface area contributed by atoms with Gasteiger partial charge in [0.25, 0.3) is 5.91 Å². The number of phenolic OH excluding ortho intramolecular Hbond substituents is 1. The van der Waals surface area contributed by atoms with Crippen LogP contribution >= 0.6 is 11.6 Å². The molecule has 1 aliphatic rings. The SMILES string of the molecule is O=C(c1cc(Cl)ccc1O)N1CCS(=O)(=O)CC1. The third-order valence-corrected chi connectivity index (χ3v) is 4.66. The molecule has 1 heterocycles. The number of nitrogens with zero attached hydrogens (tertiary/aromatic N) is 1. The van der Waals surface area contributed by atoms with Crippen molar-refractivity contribution in [3.63, 3.8) is 0 Å². The summed E-state index contributed by atoms with van der Waals surface area (Å²) < 4.78 is 22.5. The number of benzene rings is 1. The molecule has 5 nitrogen and oxygen atoms in total. The molecule has 2 rings (SSSR count). The molecule has 0 spiro atoms. The predicted molar refractivity (Wildman–Crippen MR) is 67.7 cm³/mol. The van der Waals surface area contributed by atoms with Gasteiger partial charge in [-0.15, -0.1) is 0 Å². The first-order valence-corrected chi connectivity index (χ1v) is 7.57. The maximum absolute atomic E-state index is 12.1. The van der Waals surface area contributed by atoms with Crippen molar-refractivity contribution in [2.45, 2.75) is 0 Å². The Morgan fingerprint density at radius 1 is 1.28 bits per heavy atom. The van der Waals surface area contributed by atoms with E-state index in [0.717, 1.165) is 0 Å². The molecule has 1 aliphatic heterocycles. The lowest BCUT2D eigenvalue weighted by Crippen LogP contribution is -2.43. The van der Waals surface area contributed by atoms with Crippen LogP contribution in [0, 0.1) is 0 Å². The molecule has 98 valence electrons. The van der Waals surface area contributed by atoms with Crippen molar-refractivity contribution in [2.24, 2.45) is 0 Å². The van der Waals surface area contributed by atoms with Crippen LogP contribution < -0.4 is 0 Å². The van der Waals surface area contributed by atoms with Crippen LogP contribution in [0.15, 0.2) is 18.2 Å². The third kappa shape index (κ3) is 2.76. The average molecular weight is 290 g/mol. The Balaban J connectivity index is 2.20. The van der Waals surface area contributed by atoms with E-state index in [1.54, 1.807) is 0 Å². The molecule has 0 unspecified atom stereocenters. The topological polar surface area (TPSA) is 74.7 Å². The zero-order chi connectivity index (χ0) is 13.3. The van der Waals surface area contributed by atoms with Crippen LogP contribution in [0.2, 0.25) is 5.02 Å². The molecule has 1 fully saturated rings. The van der Waals surface area contributed by atoms with E-state index in [1.165, 1.54) is 23.1 Å². The summed E-state index contributed by atoms with van der Waals surface area (Å²) in [6.45, 7) is 0.292. The van der Waals surface area contributed by atoms with Crippen LogP contribution in [-0.2, 0) is 9.84 Å². The third-order valence-electron chi connectivity index (χ3n) is 2.82. The monoisotopic (exact) mass is 289 g/mol. The lowest BCUT2D eigenvalue weighted by Gasteiger charge is -2.27. The van der Waals surface area contributed by atoms with Gasteiger partial charge in [0.1, 0.15) is 5.75 Å². The van der Waals surface area contributed by atoms with Gasteiger partial charge in [-0.2, -0.15) is 0 Å². The highest BCUT2D eigenvalue weighted by atomic mass is 35.5. The second kappa shape index (κ2) is 4.78. The van der Waals surface area contributed by atoms with Crippen LogP contribution in [0.5, 0.6) is 5.75 Å². The van der Waals surface area contributed by atoms with Gasteiger partial charge in [-0.05, 0) is 18.2 Å². The Bertz CT molecular complexity index is 571. The van der Waals surface area contributed by atoms with Crippen LogP contribution in [0.4, 0.5) is 0 Å². The number of carbonyl (C=O) groups excluding carboxylic acids is 1. The normalized spacial score (nSPS) is 18.6. The Morgan fingerprint density at radius 3 is 2.50 bits per heavy atom. The lowest BCUT2D eigenvalue weighted by molar-refractivity contribution is 0.0767. The average Bonchev–Trinajstić information content (AvgIpc) is 2.31. The van der Waals surface area contributed by atoms with Crippen LogP contribution in [0.25, 0.3) is 0 Å². The summed E-state index contributed by atoms with van der Waals surface area (Å²) in [7, 11) is -3.03. The maximum Gasteiger partial charge on any atom is 0.257 e. The molecule has 1 aromatic carbocycles. The number of sulfone groups is 1. The van der Waals surface area contributed by atoms with E-state index < -0.39 is 15.7 Å². The summed E-state index contributed by atoms with van der Waals surface area (Å²) in [6, 6.07) is 4.20. The Labute approximate surface area is 110 Å². The highest BCUT2D eigenvalue weighted by Gasteiger charge is 2.27.